The van der Waals surface area contributed by atoms with E-state index in [1.54, 1.807) is 0 Å². The summed E-state index contributed by atoms with van der Waals surface area (Å²) in [6, 6.07) is 15.1. The zero-order valence-corrected chi connectivity index (χ0v) is 16.4. The highest BCUT2D eigenvalue weighted by Gasteiger charge is 2.15. The first-order chi connectivity index (χ1) is 13.3. The Morgan fingerprint density at radius 2 is 2.11 bits per heavy atom. The van der Waals surface area contributed by atoms with E-state index in [0.717, 1.165) is 32.0 Å². The summed E-state index contributed by atoms with van der Waals surface area (Å²) < 4.78 is 11.3. The highest BCUT2D eigenvalue weighted by atomic mass is 16.5. The number of rotatable bonds is 8. The summed E-state index contributed by atoms with van der Waals surface area (Å²) in [5.41, 5.74) is 1.27. The monoisotopic (exact) mass is 369 g/mol. The molecular formula is C22H31N3O2. The number of fused-ring (bicyclic) bond motifs is 1. The van der Waals surface area contributed by atoms with Crippen LogP contribution in [0, 0.1) is 0 Å². The molecule has 5 heteroatoms. The van der Waals surface area contributed by atoms with Gasteiger partial charge < -0.3 is 20.1 Å². The summed E-state index contributed by atoms with van der Waals surface area (Å²) in [7, 11) is 0. The van der Waals surface area contributed by atoms with Crippen LogP contribution in [-0.4, -0.2) is 45.0 Å². The zero-order chi connectivity index (χ0) is 18.9. The SMILES string of the molecule is CCNC(=NCCOCC1CCCO1)NC(C)c1cccc2ccccc12. The summed E-state index contributed by atoms with van der Waals surface area (Å²) in [6.07, 6.45) is 2.52. The lowest BCUT2D eigenvalue weighted by molar-refractivity contribution is 0.0200. The van der Waals surface area contributed by atoms with E-state index < -0.39 is 0 Å². The van der Waals surface area contributed by atoms with Crippen molar-refractivity contribution in [3.8, 4) is 0 Å². The van der Waals surface area contributed by atoms with Crippen LogP contribution in [0.4, 0.5) is 0 Å². The number of hydrogen-bond donors (Lipinski definition) is 2. The second-order valence-corrected chi connectivity index (χ2v) is 6.91. The molecule has 2 aromatic carbocycles. The highest BCUT2D eigenvalue weighted by molar-refractivity contribution is 5.87. The molecule has 5 nitrogen and oxygen atoms in total. The van der Waals surface area contributed by atoms with Crippen LogP contribution in [-0.2, 0) is 9.47 Å². The second kappa shape index (κ2) is 10.3. The molecule has 2 atom stereocenters. The van der Waals surface area contributed by atoms with E-state index in [-0.39, 0.29) is 12.1 Å². The number of nitrogens with zero attached hydrogens (tertiary/aromatic N) is 1. The van der Waals surface area contributed by atoms with Gasteiger partial charge in [0.2, 0.25) is 0 Å². The van der Waals surface area contributed by atoms with Gasteiger partial charge in [0.1, 0.15) is 0 Å². The van der Waals surface area contributed by atoms with Crippen LogP contribution in [0.1, 0.15) is 38.3 Å². The first-order valence-electron chi connectivity index (χ1n) is 9.99. The Bertz CT molecular complexity index is 736. The predicted octanol–water partition coefficient (Wildman–Crippen LogP) is 3.65. The Morgan fingerprint density at radius 3 is 2.93 bits per heavy atom. The number of guanidine groups is 1. The average molecular weight is 370 g/mol. The lowest BCUT2D eigenvalue weighted by Crippen LogP contribution is -2.39. The van der Waals surface area contributed by atoms with Gasteiger partial charge in [-0.3, -0.25) is 4.99 Å². The van der Waals surface area contributed by atoms with E-state index >= 15 is 0 Å². The molecule has 0 bridgehead atoms. The molecule has 1 aliphatic rings. The summed E-state index contributed by atoms with van der Waals surface area (Å²) >= 11 is 0. The van der Waals surface area contributed by atoms with Crippen molar-refractivity contribution in [1.82, 2.24) is 10.6 Å². The summed E-state index contributed by atoms with van der Waals surface area (Å²) in [4.78, 5) is 4.65. The Balaban J connectivity index is 1.55. The standard InChI is InChI=1S/C22H31N3O2/c1-3-23-22(24-13-15-26-16-19-10-7-14-27-19)25-17(2)20-12-6-9-18-8-4-5-11-21(18)20/h4-6,8-9,11-12,17,19H,3,7,10,13-16H2,1-2H3,(H2,23,24,25). The van der Waals surface area contributed by atoms with Crippen LogP contribution < -0.4 is 10.6 Å². The van der Waals surface area contributed by atoms with E-state index in [4.69, 9.17) is 9.47 Å². The summed E-state index contributed by atoms with van der Waals surface area (Å²) in [6.45, 7) is 7.85. The molecule has 2 N–H and O–H groups in total. The van der Waals surface area contributed by atoms with Gasteiger partial charge in [-0.05, 0) is 43.0 Å². The van der Waals surface area contributed by atoms with Crippen LogP contribution in [0.3, 0.4) is 0 Å². The van der Waals surface area contributed by atoms with Gasteiger partial charge in [0.05, 0.1) is 31.9 Å². The van der Waals surface area contributed by atoms with Crippen LogP contribution in [0.25, 0.3) is 10.8 Å². The van der Waals surface area contributed by atoms with E-state index in [9.17, 15) is 0 Å². The van der Waals surface area contributed by atoms with Crippen LogP contribution in [0.15, 0.2) is 47.5 Å². The van der Waals surface area contributed by atoms with E-state index in [2.05, 4.69) is 71.9 Å². The third-order valence-electron chi connectivity index (χ3n) is 4.82. The number of ether oxygens (including phenoxy) is 2. The fourth-order valence-corrected chi connectivity index (χ4v) is 3.44. The third kappa shape index (κ3) is 5.68. The molecule has 0 aliphatic carbocycles. The van der Waals surface area contributed by atoms with Crippen LogP contribution in [0.5, 0.6) is 0 Å². The van der Waals surface area contributed by atoms with Gasteiger partial charge in [-0.15, -0.1) is 0 Å². The number of hydrogen-bond acceptors (Lipinski definition) is 3. The maximum absolute atomic E-state index is 5.71. The van der Waals surface area contributed by atoms with Gasteiger partial charge in [-0.2, -0.15) is 0 Å². The molecule has 3 rings (SSSR count). The van der Waals surface area contributed by atoms with Gasteiger partial charge >= 0.3 is 0 Å². The van der Waals surface area contributed by atoms with Crippen molar-refractivity contribution in [1.29, 1.82) is 0 Å². The van der Waals surface area contributed by atoms with Gasteiger partial charge in [-0.25, -0.2) is 0 Å². The zero-order valence-electron chi connectivity index (χ0n) is 16.4. The maximum Gasteiger partial charge on any atom is 0.191 e. The second-order valence-electron chi connectivity index (χ2n) is 6.91. The molecule has 0 amide bonds. The minimum Gasteiger partial charge on any atom is -0.377 e. The number of aliphatic imine (C=N–C) groups is 1. The van der Waals surface area contributed by atoms with E-state index in [1.807, 2.05) is 0 Å². The van der Waals surface area contributed by atoms with E-state index in [1.165, 1.54) is 16.3 Å². The Labute approximate surface area is 162 Å². The Kier molecular flexibility index (Phi) is 7.48. The lowest BCUT2D eigenvalue weighted by Gasteiger charge is -2.20. The molecule has 146 valence electrons. The highest BCUT2D eigenvalue weighted by Crippen LogP contribution is 2.23. The number of nitrogens with one attached hydrogen (secondary N) is 2. The minimum absolute atomic E-state index is 0.154. The van der Waals surface area contributed by atoms with Gasteiger partial charge in [0, 0.05) is 13.2 Å². The van der Waals surface area contributed by atoms with Crippen molar-refractivity contribution in [3.05, 3.63) is 48.0 Å². The molecule has 1 fully saturated rings. The van der Waals surface area contributed by atoms with Gasteiger partial charge in [0.15, 0.2) is 5.96 Å². The molecule has 2 unspecified atom stereocenters. The Hall–Kier alpha value is -2.11. The van der Waals surface area contributed by atoms with Crippen molar-refractivity contribution in [2.75, 3.05) is 32.9 Å². The molecule has 0 aromatic heterocycles. The molecular weight excluding hydrogens is 338 g/mol. The fourth-order valence-electron chi connectivity index (χ4n) is 3.44. The largest absolute Gasteiger partial charge is 0.377 e. The molecule has 0 radical (unpaired) electrons. The summed E-state index contributed by atoms with van der Waals surface area (Å²) in [5.74, 6) is 0.818. The number of benzene rings is 2. The molecule has 1 heterocycles. The van der Waals surface area contributed by atoms with Gasteiger partial charge in [-0.1, -0.05) is 42.5 Å². The minimum atomic E-state index is 0.154. The van der Waals surface area contributed by atoms with Crippen molar-refractivity contribution in [3.63, 3.8) is 0 Å². The molecule has 1 aliphatic heterocycles. The van der Waals surface area contributed by atoms with Gasteiger partial charge in [0.25, 0.3) is 0 Å². The smallest absolute Gasteiger partial charge is 0.191 e. The quantitative estimate of drug-likeness (QED) is 0.424. The summed E-state index contributed by atoms with van der Waals surface area (Å²) in [5, 5.41) is 9.37. The Morgan fingerprint density at radius 1 is 1.26 bits per heavy atom. The van der Waals surface area contributed by atoms with Crippen molar-refractivity contribution in [2.24, 2.45) is 4.99 Å². The van der Waals surface area contributed by atoms with Crippen molar-refractivity contribution in [2.45, 2.75) is 38.8 Å². The van der Waals surface area contributed by atoms with Crippen molar-refractivity contribution >= 4 is 16.7 Å². The normalized spacial score (nSPS) is 18.6. The van der Waals surface area contributed by atoms with Crippen molar-refractivity contribution < 1.29 is 9.47 Å². The topological polar surface area (TPSA) is 54.9 Å². The molecule has 27 heavy (non-hydrogen) atoms. The molecule has 1 saturated heterocycles. The molecule has 2 aromatic rings. The molecule has 0 spiro atoms. The third-order valence-corrected chi connectivity index (χ3v) is 4.82. The van der Waals surface area contributed by atoms with Crippen LogP contribution >= 0.6 is 0 Å². The average Bonchev–Trinajstić information content (AvgIpc) is 3.21. The fraction of sp³-hybridized carbons (Fsp3) is 0.500. The van der Waals surface area contributed by atoms with E-state index in [0.29, 0.717) is 19.8 Å². The first-order valence-corrected chi connectivity index (χ1v) is 9.99. The molecule has 0 saturated carbocycles. The predicted molar refractivity (Wildman–Crippen MR) is 111 cm³/mol. The van der Waals surface area contributed by atoms with Crippen LogP contribution in [0.2, 0.25) is 0 Å². The lowest BCUT2D eigenvalue weighted by atomic mass is 10.00. The first kappa shape index (κ1) is 19.6. The maximum atomic E-state index is 5.71.